The van der Waals surface area contributed by atoms with Gasteiger partial charge in [-0.15, -0.1) is 0 Å². The summed E-state index contributed by atoms with van der Waals surface area (Å²) in [5.74, 6) is 0.0940. The highest BCUT2D eigenvalue weighted by Gasteiger charge is 2.35. The quantitative estimate of drug-likeness (QED) is 0.780. The summed E-state index contributed by atoms with van der Waals surface area (Å²) in [6.07, 6.45) is 3.42. The highest BCUT2D eigenvalue weighted by molar-refractivity contribution is 5.85. The zero-order valence-electron chi connectivity index (χ0n) is 14.5. The Morgan fingerprint density at radius 1 is 0.957 bits per heavy atom. The molecule has 0 bridgehead atoms. The van der Waals surface area contributed by atoms with Crippen LogP contribution < -0.4 is 0 Å². The highest BCUT2D eigenvalue weighted by Crippen LogP contribution is 2.20. The van der Waals surface area contributed by atoms with Gasteiger partial charge in [0.25, 0.3) is 0 Å². The van der Waals surface area contributed by atoms with Crippen LogP contribution in [0.4, 0.5) is 0 Å². The van der Waals surface area contributed by atoms with E-state index >= 15 is 0 Å². The first-order valence-electron chi connectivity index (χ1n) is 8.60. The molecule has 0 aliphatic carbocycles. The second-order valence-electron chi connectivity index (χ2n) is 7.13. The van der Waals surface area contributed by atoms with Gasteiger partial charge in [-0.3, -0.25) is 14.5 Å². The first kappa shape index (κ1) is 17.7. The van der Waals surface area contributed by atoms with Crippen molar-refractivity contribution in [1.29, 1.82) is 5.26 Å². The lowest BCUT2D eigenvalue weighted by molar-refractivity contribution is -0.142. The molecule has 0 aromatic rings. The van der Waals surface area contributed by atoms with Crippen LogP contribution in [0.1, 0.15) is 40.0 Å². The zero-order chi connectivity index (χ0) is 17.0. The fourth-order valence-corrected chi connectivity index (χ4v) is 3.29. The SMILES string of the molecule is CC(C(=O)N1CCCCC1)N1CCN(C(=O)C(C)(C)C#N)CC1. The van der Waals surface area contributed by atoms with Crippen LogP contribution in [-0.2, 0) is 9.59 Å². The number of nitrogens with zero attached hydrogens (tertiary/aromatic N) is 4. The molecule has 2 amide bonds. The summed E-state index contributed by atoms with van der Waals surface area (Å²) in [6, 6.07) is 1.94. The maximum atomic E-state index is 12.6. The number of carbonyl (C=O) groups is 2. The van der Waals surface area contributed by atoms with E-state index in [2.05, 4.69) is 11.0 Å². The molecular formula is C17H28N4O2. The minimum atomic E-state index is -0.975. The number of rotatable bonds is 3. The molecule has 2 aliphatic rings. The number of amides is 2. The Kier molecular flexibility index (Phi) is 5.64. The Hall–Kier alpha value is -1.61. The number of piperazine rings is 1. The number of hydrogen-bond donors (Lipinski definition) is 0. The van der Waals surface area contributed by atoms with E-state index in [1.807, 2.05) is 11.8 Å². The van der Waals surface area contributed by atoms with E-state index in [-0.39, 0.29) is 17.9 Å². The number of hydrogen-bond acceptors (Lipinski definition) is 4. The van der Waals surface area contributed by atoms with Crippen LogP contribution in [0.3, 0.4) is 0 Å². The van der Waals surface area contributed by atoms with Crippen LogP contribution in [-0.4, -0.2) is 71.8 Å². The smallest absolute Gasteiger partial charge is 0.242 e. The van der Waals surface area contributed by atoms with Gasteiger partial charge in [-0.25, -0.2) is 0 Å². The van der Waals surface area contributed by atoms with Gasteiger partial charge >= 0.3 is 0 Å². The average molecular weight is 320 g/mol. The summed E-state index contributed by atoms with van der Waals surface area (Å²) in [6.45, 7) is 9.57. The normalized spacial score (nSPS) is 21.7. The monoisotopic (exact) mass is 320 g/mol. The predicted octanol–water partition coefficient (Wildman–Crippen LogP) is 1.08. The zero-order valence-corrected chi connectivity index (χ0v) is 14.5. The predicted molar refractivity (Wildman–Crippen MR) is 87.4 cm³/mol. The Morgan fingerprint density at radius 2 is 1.52 bits per heavy atom. The second-order valence-corrected chi connectivity index (χ2v) is 7.13. The molecule has 0 aromatic heterocycles. The van der Waals surface area contributed by atoms with E-state index in [9.17, 15) is 9.59 Å². The first-order valence-corrected chi connectivity index (χ1v) is 8.60. The minimum Gasteiger partial charge on any atom is -0.341 e. The molecule has 0 spiro atoms. The molecule has 0 N–H and O–H groups in total. The molecule has 2 rings (SSSR count). The molecule has 0 radical (unpaired) electrons. The molecule has 0 saturated carbocycles. The molecule has 6 heteroatoms. The topological polar surface area (TPSA) is 67.7 Å². The third kappa shape index (κ3) is 4.03. The number of nitriles is 1. The van der Waals surface area contributed by atoms with Crippen molar-refractivity contribution in [1.82, 2.24) is 14.7 Å². The van der Waals surface area contributed by atoms with E-state index in [1.165, 1.54) is 6.42 Å². The summed E-state index contributed by atoms with van der Waals surface area (Å²) in [4.78, 5) is 30.8. The summed E-state index contributed by atoms with van der Waals surface area (Å²) in [5.41, 5.74) is -0.975. The Labute approximate surface area is 139 Å². The van der Waals surface area contributed by atoms with E-state index in [0.717, 1.165) is 25.9 Å². The lowest BCUT2D eigenvalue weighted by Gasteiger charge is -2.40. The van der Waals surface area contributed by atoms with E-state index < -0.39 is 5.41 Å². The van der Waals surface area contributed by atoms with Crippen LogP contribution >= 0.6 is 0 Å². The van der Waals surface area contributed by atoms with Crippen molar-refractivity contribution in [2.75, 3.05) is 39.3 Å². The maximum Gasteiger partial charge on any atom is 0.242 e. The standard InChI is InChI=1S/C17H28N4O2/c1-14(15(22)20-7-5-4-6-8-20)19-9-11-21(12-10-19)16(23)17(2,3)13-18/h14H,4-12H2,1-3H3. The molecule has 23 heavy (non-hydrogen) atoms. The van der Waals surface area contributed by atoms with Crippen LogP contribution in [0.5, 0.6) is 0 Å². The van der Waals surface area contributed by atoms with Gasteiger partial charge in [0.05, 0.1) is 12.1 Å². The molecule has 0 aromatic carbocycles. The summed E-state index contributed by atoms with van der Waals surface area (Å²) in [5, 5.41) is 9.09. The third-order valence-corrected chi connectivity index (χ3v) is 4.99. The Balaban J connectivity index is 1.87. The van der Waals surface area contributed by atoms with E-state index in [0.29, 0.717) is 26.2 Å². The van der Waals surface area contributed by atoms with E-state index in [4.69, 9.17) is 5.26 Å². The largest absolute Gasteiger partial charge is 0.341 e. The van der Waals surface area contributed by atoms with Crippen LogP contribution in [0.15, 0.2) is 0 Å². The molecule has 6 nitrogen and oxygen atoms in total. The Bertz CT molecular complexity index is 483. The van der Waals surface area contributed by atoms with Crippen LogP contribution in [0.25, 0.3) is 0 Å². The van der Waals surface area contributed by atoms with Gasteiger partial charge in [0, 0.05) is 39.3 Å². The minimum absolute atomic E-state index is 0.116. The molecule has 1 unspecified atom stereocenters. The van der Waals surface area contributed by atoms with Gasteiger partial charge in [0.1, 0.15) is 5.41 Å². The van der Waals surface area contributed by atoms with Crippen molar-refractivity contribution in [3.8, 4) is 6.07 Å². The van der Waals surface area contributed by atoms with Crippen molar-refractivity contribution in [2.24, 2.45) is 5.41 Å². The fraction of sp³-hybridized carbons (Fsp3) is 0.824. The molecular weight excluding hydrogens is 292 g/mol. The van der Waals surface area contributed by atoms with Crippen molar-refractivity contribution in [2.45, 2.75) is 46.1 Å². The average Bonchev–Trinajstić information content (AvgIpc) is 2.60. The van der Waals surface area contributed by atoms with Gasteiger partial charge in [-0.05, 0) is 40.0 Å². The highest BCUT2D eigenvalue weighted by atomic mass is 16.2. The second kappa shape index (κ2) is 7.31. The molecule has 1 atom stereocenters. The van der Waals surface area contributed by atoms with Gasteiger partial charge in [0.2, 0.25) is 11.8 Å². The van der Waals surface area contributed by atoms with Crippen LogP contribution in [0, 0.1) is 16.7 Å². The van der Waals surface area contributed by atoms with Crippen molar-refractivity contribution in [3.05, 3.63) is 0 Å². The van der Waals surface area contributed by atoms with Crippen molar-refractivity contribution < 1.29 is 9.59 Å². The molecule has 2 aliphatic heterocycles. The summed E-state index contributed by atoms with van der Waals surface area (Å²) in [7, 11) is 0. The fourth-order valence-electron chi connectivity index (χ4n) is 3.29. The van der Waals surface area contributed by atoms with Gasteiger partial charge in [-0.1, -0.05) is 0 Å². The lowest BCUT2D eigenvalue weighted by atomic mass is 9.93. The third-order valence-electron chi connectivity index (χ3n) is 4.99. The van der Waals surface area contributed by atoms with Gasteiger partial charge < -0.3 is 9.80 Å². The summed E-state index contributed by atoms with van der Waals surface area (Å²) >= 11 is 0. The number of carbonyl (C=O) groups excluding carboxylic acids is 2. The molecule has 2 saturated heterocycles. The van der Waals surface area contributed by atoms with Gasteiger partial charge in [0.15, 0.2) is 0 Å². The maximum absolute atomic E-state index is 12.6. The number of piperidine rings is 1. The van der Waals surface area contributed by atoms with E-state index in [1.54, 1.807) is 18.7 Å². The van der Waals surface area contributed by atoms with Crippen molar-refractivity contribution >= 4 is 11.8 Å². The number of likely N-dealkylation sites (tertiary alicyclic amines) is 1. The van der Waals surface area contributed by atoms with Crippen molar-refractivity contribution in [3.63, 3.8) is 0 Å². The molecule has 2 fully saturated rings. The lowest BCUT2D eigenvalue weighted by Crippen LogP contribution is -2.57. The summed E-state index contributed by atoms with van der Waals surface area (Å²) < 4.78 is 0. The molecule has 2 heterocycles. The van der Waals surface area contributed by atoms with Gasteiger partial charge in [-0.2, -0.15) is 5.26 Å². The van der Waals surface area contributed by atoms with Crippen LogP contribution in [0.2, 0.25) is 0 Å². The Morgan fingerprint density at radius 3 is 2.04 bits per heavy atom. The molecule has 128 valence electrons. The first-order chi connectivity index (χ1) is 10.9.